The maximum atomic E-state index is 14.0. The number of alkyl carbamates (subject to hydrolysis) is 1. The number of amides is 4. The van der Waals surface area contributed by atoms with E-state index in [9.17, 15) is 24.0 Å². The van der Waals surface area contributed by atoms with Gasteiger partial charge in [0.1, 0.15) is 17.7 Å². The summed E-state index contributed by atoms with van der Waals surface area (Å²) < 4.78 is 10.2. The summed E-state index contributed by atoms with van der Waals surface area (Å²) >= 11 is 0. The zero-order chi connectivity index (χ0) is 29.8. The van der Waals surface area contributed by atoms with Gasteiger partial charge in [-0.05, 0) is 59.6 Å². The minimum atomic E-state index is -1.23. The van der Waals surface area contributed by atoms with Crippen LogP contribution in [-0.4, -0.2) is 65.5 Å². The number of ether oxygens (including phenoxy) is 2. The van der Waals surface area contributed by atoms with Crippen LogP contribution in [0.1, 0.15) is 78.0 Å². The quantitative estimate of drug-likeness (QED) is 0.254. The van der Waals surface area contributed by atoms with Gasteiger partial charge in [-0.3, -0.25) is 19.2 Å². The summed E-state index contributed by atoms with van der Waals surface area (Å²) in [5, 5.41) is 5.20. The van der Waals surface area contributed by atoms with Gasteiger partial charge in [-0.15, -0.1) is 6.42 Å². The Morgan fingerprint density at radius 2 is 1.74 bits per heavy atom. The van der Waals surface area contributed by atoms with Crippen LogP contribution in [0, 0.1) is 12.3 Å². The molecule has 1 aromatic rings. The molecule has 0 radical (unpaired) electrons. The van der Waals surface area contributed by atoms with Gasteiger partial charge < -0.3 is 30.7 Å². The molecule has 1 aromatic carbocycles. The molecule has 0 spiro atoms. The fourth-order valence-corrected chi connectivity index (χ4v) is 3.76. The number of carbonyl (C=O) groups is 5. The van der Waals surface area contributed by atoms with Crippen molar-refractivity contribution in [1.29, 1.82) is 0 Å². The van der Waals surface area contributed by atoms with Gasteiger partial charge in [0.2, 0.25) is 17.7 Å². The third-order valence-corrected chi connectivity index (χ3v) is 5.35. The summed E-state index contributed by atoms with van der Waals surface area (Å²) in [4.78, 5) is 64.8. The first-order chi connectivity index (χ1) is 18.2. The van der Waals surface area contributed by atoms with E-state index in [1.807, 2.05) is 0 Å². The third kappa shape index (κ3) is 11.1. The molecule has 4 amide bonds. The fraction of sp³-hybridized carbons (Fsp3) is 0.536. The highest BCUT2D eigenvalue weighted by atomic mass is 16.6. The molecule has 0 heterocycles. The fourth-order valence-electron chi connectivity index (χ4n) is 3.76. The Morgan fingerprint density at radius 1 is 1.10 bits per heavy atom. The second kappa shape index (κ2) is 15.4. The lowest BCUT2D eigenvalue weighted by Gasteiger charge is -2.37. The van der Waals surface area contributed by atoms with Crippen LogP contribution in [0.15, 0.2) is 24.3 Å². The van der Waals surface area contributed by atoms with E-state index in [-0.39, 0.29) is 32.4 Å². The Bertz CT molecular complexity index is 1070. The number of nitrogens with one attached hydrogen (secondary N) is 2. The molecule has 2 atom stereocenters. The molecular weight excluding hydrogens is 504 g/mol. The zero-order valence-electron chi connectivity index (χ0n) is 23.5. The van der Waals surface area contributed by atoms with Crippen LogP contribution in [-0.2, 0) is 28.7 Å². The number of carbonyl (C=O) groups excluding carboxylic acids is 5. The number of benzene rings is 1. The van der Waals surface area contributed by atoms with Crippen molar-refractivity contribution >= 4 is 29.8 Å². The van der Waals surface area contributed by atoms with Gasteiger partial charge >= 0.3 is 12.1 Å². The predicted molar refractivity (Wildman–Crippen MR) is 145 cm³/mol. The van der Waals surface area contributed by atoms with Crippen molar-refractivity contribution < 1.29 is 33.4 Å². The van der Waals surface area contributed by atoms with Gasteiger partial charge in [-0.25, -0.2) is 4.79 Å². The van der Waals surface area contributed by atoms with E-state index in [1.54, 1.807) is 65.8 Å². The second-order valence-electron chi connectivity index (χ2n) is 10.0. The van der Waals surface area contributed by atoms with Crippen LogP contribution in [0.4, 0.5) is 4.79 Å². The largest absolute Gasteiger partial charge is 0.466 e. The van der Waals surface area contributed by atoms with Crippen molar-refractivity contribution in [1.82, 2.24) is 15.5 Å². The molecule has 0 bridgehead atoms. The van der Waals surface area contributed by atoms with E-state index in [4.69, 9.17) is 21.6 Å². The zero-order valence-corrected chi connectivity index (χ0v) is 23.5. The smallest absolute Gasteiger partial charge is 0.408 e. The molecule has 39 heavy (non-hydrogen) atoms. The molecular formula is C28H40N4O7. The van der Waals surface area contributed by atoms with Crippen LogP contribution >= 0.6 is 0 Å². The number of hydrogen-bond donors (Lipinski definition) is 3. The molecule has 0 saturated carbocycles. The van der Waals surface area contributed by atoms with Crippen molar-refractivity contribution in [2.45, 2.75) is 84.5 Å². The Kier molecular flexibility index (Phi) is 13.0. The van der Waals surface area contributed by atoms with E-state index < -0.39 is 53.5 Å². The molecule has 2 unspecified atom stereocenters. The monoisotopic (exact) mass is 544 g/mol. The van der Waals surface area contributed by atoms with Crippen molar-refractivity contribution in [3.63, 3.8) is 0 Å². The van der Waals surface area contributed by atoms with Crippen LogP contribution in [0.25, 0.3) is 0 Å². The summed E-state index contributed by atoms with van der Waals surface area (Å²) in [7, 11) is 0. The number of primary amides is 1. The van der Waals surface area contributed by atoms with Gasteiger partial charge in [0.15, 0.2) is 0 Å². The number of terminal acetylenes is 1. The standard InChI is InChI=1S/C28H40N4O7/c1-8-19-12-10-11-13-20(19)24(25(35)30-17-16-23(34)38-9-2)32(18(3)4)26(36)21(14-15-22(29)33)31-27(37)39-28(5,6)7/h1,10-13,18,21,24H,9,14-17H2,2-7H3,(H2,29,33)(H,30,35)(H,31,37). The summed E-state index contributed by atoms with van der Waals surface area (Å²) in [6, 6.07) is 3.65. The Hall–Kier alpha value is -4.07. The predicted octanol–water partition coefficient (Wildman–Crippen LogP) is 2.17. The van der Waals surface area contributed by atoms with Gasteiger partial charge in [-0.1, -0.05) is 24.1 Å². The average Bonchev–Trinajstić information content (AvgIpc) is 2.83. The molecule has 0 aliphatic heterocycles. The van der Waals surface area contributed by atoms with Crippen LogP contribution in [0.2, 0.25) is 0 Å². The van der Waals surface area contributed by atoms with Gasteiger partial charge in [-0.2, -0.15) is 0 Å². The molecule has 4 N–H and O–H groups in total. The van der Waals surface area contributed by atoms with Crippen LogP contribution in [0.3, 0.4) is 0 Å². The summed E-state index contributed by atoms with van der Waals surface area (Å²) in [6.45, 7) is 10.3. The average molecular weight is 545 g/mol. The highest BCUT2D eigenvalue weighted by Crippen LogP contribution is 2.28. The summed E-state index contributed by atoms with van der Waals surface area (Å²) in [6.07, 6.45) is 4.45. The third-order valence-electron chi connectivity index (χ3n) is 5.35. The Morgan fingerprint density at radius 3 is 2.28 bits per heavy atom. The van der Waals surface area contributed by atoms with Crippen molar-refractivity contribution in [3.05, 3.63) is 35.4 Å². The summed E-state index contributed by atoms with van der Waals surface area (Å²) in [5.41, 5.74) is 5.24. The van der Waals surface area contributed by atoms with E-state index >= 15 is 0 Å². The first kappa shape index (κ1) is 33.0. The molecule has 0 saturated heterocycles. The lowest BCUT2D eigenvalue weighted by Crippen LogP contribution is -2.55. The molecule has 214 valence electrons. The second-order valence-corrected chi connectivity index (χ2v) is 10.0. The van der Waals surface area contributed by atoms with Crippen LogP contribution in [0.5, 0.6) is 0 Å². The SMILES string of the molecule is C#Cc1ccccc1C(C(=O)NCCC(=O)OCC)N(C(=O)C(CCC(N)=O)NC(=O)OC(C)(C)C)C(C)C. The molecule has 0 aromatic heterocycles. The number of hydrogen-bond acceptors (Lipinski definition) is 7. The first-order valence-corrected chi connectivity index (χ1v) is 12.8. The molecule has 0 aliphatic carbocycles. The Balaban J connectivity index is 3.49. The van der Waals surface area contributed by atoms with E-state index in [0.29, 0.717) is 11.1 Å². The molecule has 11 heteroatoms. The van der Waals surface area contributed by atoms with Crippen molar-refractivity contribution in [3.8, 4) is 12.3 Å². The highest BCUT2D eigenvalue weighted by Gasteiger charge is 2.38. The van der Waals surface area contributed by atoms with E-state index in [0.717, 1.165) is 0 Å². The van der Waals surface area contributed by atoms with Gasteiger partial charge in [0, 0.05) is 24.6 Å². The Labute approximate surface area is 230 Å². The molecule has 1 rings (SSSR count). The van der Waals surface area contributed by atoms with Crippen molar-refractivity contribution in [2.24, 2.45) is 5.73 Å². The van der Waals surface area contributed by atoms with Gasteiger partial charge in [0.05, 0.1) is 13.0 Å². The summed E-state index contributed by atoms with van der Waals surface area (Å²) in [5.74, 6) is 0.158. The first-order valence-electron chi connectivity index (χ1n) is 12.8. The molecule has 0 fully saturated rings. The van der Waals surface area contributed by atoms with Crippen molar-refractivity contribution in [2.75, 3.05) is 13.2 Å². The minimum Gasteiger partial charge on any atom is -0.466 e. The number of esters is 1. The highest BCUT2D eigenvalue weighted by molar-refractivity contribution is 5.93. The lowest BCUT2D eigenvalue weighted by molar-refractivity contribution is -0.146. The topological polar surface area (TPSA) is 157 Å². The number of nitrogens with two attached hydrogens (primary N) is 1. The maximum absolute atomic E-state index is 14.0. The van der Waals surface area contributed by atoms with Crippen LogP contribution < -0.4 is 16.4 Å². The van der Waals surface area contributed by atoms with E-state index in [2.05, 4.69) is 16.6 Å². The number of nitrogens with zero attached hydrogens (tertiary/aromatic N) is 1. The normalized spacial score (nSPS) is 12.5. The van der Waals surface area contributed by atoms with E-state index in [1.165, 1.54) is 4.90 Å². The van der Waals surface area contributed by atoms with Gasteiger partial charge in [0.25, 0.3) is 0 Å². The minimum absolute atomic E-state index is 0.0340. The molecule has 0 aliphatic rings. The molecule has 11 nitrogen and oxygen atoms in total. The maximum Gasteiger partial charge on any atom is 0.408 e. The lowest BCUT2D eigenvalue weighted by atomic mass is 9.96. The number of rotatable bonds is 13.